The molecule has 0 bridgehead atoms. The van der Waals surface area contributed by atoms with Crippen molar-refractivity contribution in [2.75, 3.05) is 18.0 Å². The average molecular weight is 230 g/mol. The largest absolute Gasteiger partial charge is 0.355 e. The van der Waals surface area contributed by atoms with Crippen LogP contribution in [0, 0.1) is 0 Å². The summed E-state index contributed by atoms with van der Waals surface area (Å²) in [6.07, 6.45) is 7.91. The zero-order chi connectivity index (χ0) is 11.7. The Hall–Kier alpha value is -1.95. The number of anilines is 1. The molecule has 0 unspecified atom stereocenters. The Morgan fingerprint density at radius 1 is 1.29 bits per heavy atom. The molecule has 0 saturated carbocycles. The van der Waals surface area contributed by atoms with Gasteiger partial charge in [-0.15, -0.1) is 0 Å². The van der Waals surface area contributed by atoms with Crippen LogP contribution in [0.4, 0.5) is 5.82 Å². The van der Waals surface area contributed by atoms with Gasteiger partial charge in [0.25, 0.3) is 0 Å². The zero-order valence-electron chi connectivity index (χ0n) is 9.40. The van der Waals surface area contributed by atoms with Gasteiger partial charge in [0.2, 0.25) is 0 Å². The van der Waals surface area contributed by atoms with E-state index in [-0.39, 0.29) is 6.04 Å². The number of aromatic nitrogens is 4. The molecule has 2 aromatic heterocycles. The van der Waals surface area contributed by atoms with Crippen LogP contribution < -0.4 is 10.6 Å². The minimum absolute atomic E-state index is 0.252. The Morgan fingerprint density at radius 3 is 2.88 bits per heavy atom. The summed E-state index contributed by atoms with van der Waals surface area (Å²) in [5.41, 5.74) is 5.89. The topological polar surface area (TPSA) is 72.9 Å². The van der Waals surface area contributed by atoms with Crippen LogP contribution in [0.25, 0.3) is 5.82 Å². The monoisotopic (exact) mass is 230 g/mol. The second-order valence-corrected chi connectivity index (χ2v) is 4.20. The summed E-state index contributed by atoms with van der Waals surface area (Å²) < 4.78 is 1.86. The molecule has 1 aliphatic heterocycles. The fraction of sp³-hybridized carbons (Fsp3) is 0.364. The Morgan fingerprint density at radius 2 is 2.18 bits per heavy atom. The summed E-state index contributed by atoms with van der Waals surface area (Å²) in [5, 5.41) is 0. The highest BCUT2D eigenvalue weighted by Gasteiger charge is 2.20. The molecule has 88 valence electrons. The zero-order valence-corrected chi connectivity index (χ0v) is 9.40. The van der Waals surface area contributed by atoms with Gasteiger partial charge in [-0.25, -0.2) is 15.0 Å². The van der Waals surface area contributed by atoms with Crippen LogP contribution in [0.5, 0.6) is 0 Å². The molecule has 0 radical (unpaired) electrons. The van der Waals surface area contributed by atoms with Gasteiger partial charge >= 0.3 is 0 Å². The maximum absolute atomic E-state index is 5.89. The Labute approximate surface area is 99.1 Å². The van der Waals surface area contributed by atoms with Crippen molar-refractivity contribution < 1.29 is 0 Å². The van der Waals surface area contributed by atoms with Crippen LogP contribution in [0.2, 0.25) is 0 Å². The van der Waals surface area contributed by atoms with Gasteiger partial charge in [-0.3, -0.25) is 4.57 Å². The predicted octanol–water partition coefficient (Wildman–Crippen LogP) is 0.200. The summed E-state index contributed by atoms with van der Waals surface area (Å²) in [7, 11) is 0. The Bertz CT molecular complexity index is 494. The van der Waals surface area contributed by atoms with E-state index in [9.17, 15) is 0 Å². The van der Waals surface area contributed by atoms with Crippen molar-refractivity contribution in [3.8, 4) is 5.82 Å². The lowest BCUT2D eigenvalue weighted by atomic mass is 10.3. The first-order chi connectivity index (χ1) is 8.33. The van der Waals surface area contributed by atoms with E-state index in [1.54, 1.807) is 18.9 Å². The molecule has 0 spiro atoms. The second kappa shape index (κ2) is 4.14. The average Bonchev–Trinajstić information content (AvgIpc) is 3.00. The molecule has 3 heterocycles. The lowest BCUT2D eigenvalue weighted by Gasteiger charge is -2.16. The van der Waals surface area contributed by atoms with Crippen LogP contribution >= 0.6 is 0 Å². The third-order valence-electron chi connectivity index (χ3n) is 2.96. The third-order valence-corrected chi connectivity index (χ3v) is 2.96. The van der Waals surface area contributed by atoms with E-state index in [0.717, 1.165) is 31.1 Å². The Kier molecular flexibility index (Phi) is 2.49. The van der Waals surface area contributed by atoms with Crippen molar-refractivity contribution in [1.29, 1.82) is 0 Å². The number of rotatable bonds is 2. The van der Waals surface area contributed by atoms with Gasteiger partial charge in [-0.2, -0.15) is 0 Å². The van der Waals surface area contributed by atoms with Crippen molar-refractivity contribution in [2.24, 2.45) is 5.73 Å². The number of hydrogen-bond acceptors (Lipinski definition) is 5. The van der Waals surface area contributed by atoms with Crippen LogP contribution in [0.3, 0.4) is 0 Å². The molecule has 1 aliphatic rings. The SMILES string of the molecule is N[C@H]1CCN(c2cc(-n3ccnc3)ncn2)C1. The van der Waals surface area contributed by atoms with Gasteiger partial charge in [-0.05, 0) is 6.42 Å². The predicted molar refractivity (Wildman–Crippen MR) is 64.0 cm³/mol. The van der Waals surface area contributed by atoms with E-state index in [1.807, 2.05) is 16.8 Å². The molecular weight excluding hydrogens is 216 g/mol. The number of hydrogen-bond donors (Lipinski definition) is 1. The number of nitrogens with two attached hydrogens (primary N) is 1. The molecule has 2 aromatic rings. The summed E-state index contributed by atoms with van der Waals surface area (Å²) in [6, 6.07) is 2.21. The molecule has 3 rings (SSSR count). The highest BCUT2D eigenvalue weighted by Crippen LogP contribution is 2.18. The number of nitrogens with zero attached hydrogens (tertiary/aromatic N) is 5. The van der Waals surface area contributed by atoms with E-state index < -0.39 is 0 Å². The van der Waals surface area contributed by atoms with Gasteiger partial charge in [-0.1, -0.05) is 0 Å². The first-order valence-electron chi connectivity index (χ1n) is 5.64. The molecule has 1 atom stereocenters. The summed E-state index contributed by atoms with van der Waals surface area (Å²) in [6.45, 7) is 1.82. The van der Waals surface area contributed by atoms with Crippen molar-refractivity contribution in [1.82, 2.24) is 19.5 Å². The smallest absolute Gasteiger partial charge is 0.143 e. The molecule has 1 saturated heterocycles. The van der Waals surface area contributed by atoms with Gasteiger partial charge in [0.15, 0.2) is 0 Å². The molecule has 2 N–H and O–H groups in total. The quantitative estimate of drug-likeness (QED) is 0.797. The molecule has 0 aromatic carbocycles. The summed E-state index contributed by atoms with van der Waals surface area (Å²) in [5.74, 6) is 1.75. The molecule has 6 nitrogen and oxygen atoms in total. The molecule has 0 amide bonds. The van der Waals surface area contributed by atoms with Crippen LogP contribution in [0.15, 0.2) is 31.1 Å². The maximum Gasteiger partial charge on any atom is 0.143 e. The van der Waals surface area contributed by atoms with Crippen LogP contribution in [-0.4, -0.2) is 38.7 Å². The summed E-state index contributed by atoms with van der Waals surface area (Å²) in [4.78, 5) is 14.7. The first-order valence-corrected chi connectivity index (χ1v) is 5.64. The van der Waals surface area contributed by atoms with Gasteiger partial charge in [0.05, 0.1) is 0 Å². The fourth-order valence-electron chi connectivity index (χ4n) is 2.04. The minimum atomic E-state index is 0.252. The van der Waals surface area contributed by atoms with E-state index in [1.165, 1.54) is 0 Å². The summed E-state index contributed by atoms with van der Waals surface area (Å²) >= 11 is 0. The van der Waals surface area contributed by atoms with Crippen molar-refractivity contribution in [3.05, 3.63) is 31.1 Å². The van der Waals surface area contributed by atoms with Crippen LogP contribution in [0.1, 0.15) is 6.42 Å². The van der Waals surface area contributed by atoms with Gasteiger partial charge < -0.3 is 10.6 Å². The second-order valence-electron chi connectivity index (χ2n) is 4.20. The lowest BCUT2D eigenvalue weighted by Crippen LogP contribution is -2.27. The standard InChI is InChI=1S/C11H14N6/c12-9-1-3-16(6-9)10-5-11(15-7-14-10)17-4-2-13-8-17/h2,4-5,7-9H,1,3,6,12H2/t9-/m0/s1. The van der Waals surface area contributed by atoms with Crippen molar-refractivity contribution in [2.45, 2.75) is 12.5 Å². The molecule has 1 fully saturated rings. The fourth-order valence-corrected chi connectivity index (χ4v) is 2.04. The van der Waals surface area contributed by atoms with E-state index in [2.05, 4.69) is 19.9 Å². The van der Waals surface area contributed by atoms with Crippen LogP contribution in [-0.2, 0) is 0 Å². The highest BCUT2D eigenvalue weighted by atomic mass is 15.2. The van der Waals surface area contributed by atoms with E-state index >= 15 is 0 Å². The lowest BCUT2D eigenvalue weighted by molar-refractivity contribution is 0.751. The Balaban J connectivity index is 1.89. The normalized spacial score (nSPS) is 19.8. The number of imidazole rings is 1. The molecule has 17 heavy (non-hydrogen) atoms. The van der Waals surface area contributed by atoms with Crippen molar-refractivity contribution in [3.63, 3.8) is 0 Å². The highest BCUT2D eigenvalue weighted by molar-refractivity contribution is 5.44. The molecule has 6 heteroatoms. The van der Waals surface area contributed by atoms with E-state index in [4.69, 9.17) is 5.73 Å². The third kappa shape index (κ3) is 1.99. The maximum atomic E-state index is 5.89. The first kappa shape index (κ1) is 10.2. The van der Waals surface area contributed by atoms with Crippen molar-refractivity contribution >= 4 is 5.82 Å². The van der Waals surface area contributed by atoms with Gasteiger partial charge in [0.1, 0.15) is 24.3 Å². The van der Waals surface area contributed by atoms with E-state index in [0.29, 0.717) is 0 Å². The molecular formula is C11H14N6. The van der Waals surface area contributed by atoms with Gasteiger partial charge in [0, 0.05) is 37.6 Å². The molecule has 0 aliphatic carbocycles. The minimum Gasteiger partial charge on any atom is -0.355 e.